The van der Waals surface area contributed by atoms with Gasteiger partial charge in [0.15, 0.2) is 0 Å². The molecule has 0 spiro atoms. The molecule has 1 aliphatic heterocycles. The van der Waals surface area contributed by atoms with Gasteiger partial charge in [0.25, 0.3) is 0 Å². The van der Waals surface area contributed by atoms with Crippen LogP contribution in [0.4, 0.5) is 5.69 Å². The lowest BCUT2D eigenvalue weighted by Crippen LogP contribution is -2.40. The molecule has 9 heteroatoms. The largest absolute Gasteiger partial charge is 0.495 e. The van der Waals surface area contributed by atoms with E-state index in [4.69, 9.17) is 9.47 Å². The van der Waals surface area contributed by atoms with Crippen LogP contribution in [-0.4, -0.2) is 52.0 Å². The van der Waals surface area contributed by atoms with Gasteiger partial charge in [-0.25, -0.2) is 8.42 Å². The average Bonchev–Trinajstić information content (AvgIpc) is 2.71. The topological polar surface area (TPSA) is 84.9 Å². The monoisotopic (exact) mass is 482 g/mol. The molecule has 0 bridgehead atoms. The van der Waals surface area contributed by atoms with Crippen molar-refractivity contribution in [2.45, 2.75) is 18.2 Å². The van der Waals surface area contributed by atoms with Crippen molar-refractivity contribution in [1.29, 1.82) is 0 Å². The summed E-state index contributed by atoms with van der Waals surface area (Å²) in [6.45, 7) is 3.23. The van der Waals surface area contributed by atoms with Gasteiger partial charge in [-0.15, -0.1) is 0 Å². The molecule has 29 heavy (non-hydrogen) atoms. The van der Waals surface area contributed by atoms with E-state index in [1.165, 1.54) is 17.5 Å². The molecule has 0 saturated carbocycles. The van der Waals surface area contributed by atoms with Crippen molar-refractivity contribution in [3.8, 4) is 5.75 Å². The zero-order chi connectivity index (χ0) is 21.0. The number of benzene rings is 2. The van der Waals surface area contributed by atoms with Crippen LogP contribution in [0.25, 0.3) is 0 Å². The Labute approximate surface area is 179 Å². The van der Waals surface area contributed by atoms with Crippen LogP contribution in [-0.2, 0) is 26.0 Å². The third kappa shape index (κ3) is 5.16. The Morgan fingerprint density at radius 1 is 1.21 bits per heavy atom. The van der Waals surface area contributed by atoms with Gasteiger partial charge in [0.1, 0.15) is 10.6 Å². The zero-order valence-corrected chi connectivity index (χ0v) is 18.7. The quantitative estimate of drug-likeness (QED) is 0.683. The number of nitrogens with one attached hydrogen (secondary N) is 1. The van der Waals surface area contributed by atoms with E-state index < -0.39 is 10.0 Å². The number of rotatable bonds is 6. The lowest BCUT2D eigenvalue weighted by molar-refractivity contribution is -0.115. The summed E-state index contributed by atoms with van der Waals surface area (Å²) >= 11 is 3.43. The maximum absolute atomic E-state index is 13.1. The van der Waals surface area contributed by atoms with Crippen LogP contribution in [0.1, 0.15) is 11.1 Å². The second kappa shape index (κ2) is 9.25. The molecule has 2 aromatic rings. The molecule has 1 amide bonds. The Kier molecular flexibility index (Phi) is 6.94. The number of hydrogen-bond acceptors (Lipinski definition) is 5. The number of nitrogens with zero attached hydrogens (tertiary/aromatic N) is 1. The Morgan fingerprint density at radius 3 is 2.59 bits per heavy atom. The molecule has 0 aromatic heterocycles. The number of amides is 1. The first kappa shape index (κ1) is 21.8. The minimum absolute atomic E-state index is 0.0464. The molecule has 0 radical (unpaired) electrons. The number of hydrogen-bond donors (Lipinski definition) is 1. The van der Waals surface area contributed by atoms with Gasteiger partial charge >= 0.3 is 0 Å². The molecular formula is C20H23BrN2O5S. The Balaban J connectivity index is 1.80. The van der Waals surface area contributed by atoms with Crippen molar-refractivity contribution in [2.24, 2.45) is 0 Å². The van der Waals surface area contributed by atoms with E-state index in [2.05, 4.69) is 21.2 Å². The van der Waals surface area contributed by atoms with Crippen molar-refractivity contribution >= 4 is 37.5 Å². The lowest BCUT2D eigenvalue weighted by Gasteiger charge is -2.26. The van der Waals surface area contributed by atoms with E-state index >= 15 is 0 Å². The fourth-order valence-corrected chi connectivity index (χ4v) is 4.93. The van der Waals surface area contributed by atoms with E-state index in [-0.39, 0.29) is 23.0 Å². The molecule has 1 heterocycles. The van der Waals surface area contributed by atoms with Crippen molar-refractivity contribution < 1.29 is 22.7 Å². The van der Waals surface area contributed by atoms with E-state index in [1.807, 2.05) is 19.1 Å². The predicted molar refractivity (Wildman–Crippen MR) is 114 cm³/mol. The van der Waals surface area contributed by atoms with E-state index in [1.54, 1.807) is 18.2 Å². The van der Waals surface area contributed by atoms with Crippen molar-refractivity contribution in [3.63, 3.8) is 0 Å². The SMILES string of the molecule is COc1ccc(CC(=O)Nc2ccc(Br)c(C)c2)cc1S(=O)(=O)N1CCOCC1. The van der Waals surface area contributed by atoms with Gasteiger partial charge in [0.2, 0.25) is 15.9 Å². The summed E-state index contributed by atoms with van der Waals surface area (Å²) in [5, 5.41) is 2.84. The molecule has 0 aliphatic carbocycles. The highest BCUT2D eigenvalue weighted by Gasteiger charge is 2.29. The van der Waals surface area contributed by atoms with E-state index in [0.717, 1.165) is 10.0 Å². The number of anilines is 1. The number of methoxy groups -OCH3 is 1. The van der Waals surface area contributed by atoms with Gasteiger partial charge in [-0.3, -0.25) is 4.79 Å². The van der Waals surface area contributed by atoms with Crippen LogP contribution >= 0.6 is 15.9 Å². The van der Waals surface area contributed by atoms with Gasteiger partial charge in [-0.2, -0.15) is 4.31 Å². The average molecular weight is 483 g/mol. The van der Waals surface area contributed by atoms with Crippen LogP contribution in [0.5, 0.6) is 5.75 Å². The molecule has 1 saturated heterocycles. The lowest BCUT2D eigenvalue weighted by atomic mass is 10.1. The predicted octanol–water partition coefficient (Wildman–Crippen LogP) is 2.97. The first-order valence-electron chi connectivity index (χ1n) is 9.12. The molecule has 1 fully saturated rings. The van der Waals surface area contributed by atoms with Crippen molar-refractivity contribution in [2.75, 3.05) is 38.7 Å². The Bertz CT molecular complexity index is 1000. The number of ether oxygens (including phenoxy) is 2. The number of carbonyl (C=O) groups excluding carboxylic acids is 1. The van der Waals surface area contributed by atoms with Crippen LogP contribution in [0.3, 0.4) is 0 Å². The number of carbonyl (C=O) groups is 1. The highest BCUT2D eigenvalue weighted by atomic mass is 79.9. The molecule has 2 aromatic carbocycles. The highest BCUT2D eigenvalue weighted by molar-refractivity contribution is 9.10. The van der Waals surface area contributed by atoms with Crippen molar-refractivity contribution in [3.05, 3.63) is 52.0 Å². The third-order valence-electron chi connectivity index (χ3n) is 4.62. The normalized spacial score (nSPS) is 15.1. The Morgan fingerprint density at radius 2 is 1.93 bits per heavy atom. The van der Waals surface area contributed by atoms with Gasteiger partial charge in [0.05, 0.1) is 26.7 Å². The second-order valence-corrected chi connectivity index (χ2v) is 9.45. The molecule has 0 unspecified atom stereocenters. The smallest absolute Gasteiger partial charge is 0.246 e. The van der Waals surface area contributed by atoms with Gasteiger partial charge in [-0.05, 0) is 48.4 Å². The molecular weight excluding hydrogens is 460 g/mol. The molecule has 0 atom stereocenters. The minimum Gasteiger partial charge on any atom is -0.495 e. The van der Waals surface area contributed by atoms with E-state index in [9.17, 15) is 13.2 Å². The number of sulfonamides is 1. The number of aryl methyl sites for hydroxylation is 1. The maximum Gasteiger partial charge on any atom is 0.246 e. The molecule has 156 valence electrons. The zero-order valence-electron chi connectivity index (χ0n) is 16.3. The molecule has 1 N–H and O–H groups in total. The summed E-state index contributed by atoms with van der Waals surface area (Å²) in [6.07, 6.45) is 0.0464. The molecule has 3 rings (SSSR count). The number of halogens is 1. The van der Waals surface area contributed by atoms with Gasteiger partial charge in [0, 0.05) is 23.2 Å². The molecule has 1 aliphatic rings. The molecule has 7 nitrogen and oxygen atoms in total. The van der Waals surface area contributed by atoms with E-state index in [0.29, 0.717) is 37.6 Å². The van der Waals surface area contributed by atoms with Crippen LogP contribution < -0.4 is 10.1 Å². The summed E-state index contributed by atoms with van der Waals surface area (Å²) in [7, 11) is -2.31. The Hall–Kier alpha value is -1.94. The van der Waals surface area contributed by atoms with Crippen LogP contribution in [0.2, 0.25) is 0 Å². The summed E-state index contributed by atoms with van der Waals surface area (Å²) in [5.74, 6) is 0.0239. The second-order valence-electron chi connectivity index (χ2n) is 6.69. The third-order valence-corrected chi connectivity index (χ3v) is 7.43. The van der Waals surface area contributed by atoms with Crippen LogP contribution in [0.15, 0.2) is 45.8 Å². The standard InChI is InChI=1S/C20H23BrN2O5S/c1-14-11-16(4-5-17(14)21)22-20(24)13-15-3-6-18(27-2)19(12-15)29(25,26)23-7-9-28-10-8-23/h3-6,11-12H,7-10,13H2,1-2H3,(H,22,24). The summed E-state index contributed by atoms with van der Waals surface area (Å²) in [5.41, 5.74) is 2.28. The minimum atomic E-state index is -3.74. The first-order chi connectivity index (χ1) is 13.8. The van der Waals surface area contributed by atoms with Gasteiger partial charge in [-0.1, -0.05) is 22.0 Å². The van der Waals surface area contributed by atoms with Crippen molar-refractivity contribution in [1.82, 2.24) is 4.31 Å². The van der Waals surface area contributed by atoms with Crippen LogP contribution in [0, 0.1) is 6.92 Å². The fraction of sp³-hybridized carbons (Fsp3) is 0.350. The summed E-state index contributed by atoms with van der Waals surface area (Å²) in [4.78, 5) is 12.5. The fourth-order valence-electron chi connectivity index (χ4n) is 3.07. The first-order valence-corrected chi connectivity index (χ1v) is 11.4. The highest BCUT2D eigenvalue weighted by Crippen LogP contribution is 2.29. The summed E-state index contributed by atoms with van der Waals surface area (Å²) in [6, 6.07) is 10.3. The van der Waals surface area contributed by atoms with Gasteiger partial charge < -0.3 is 14.8 Å². The maximum atomic E-state index is 13.1. The summed E-state index contributed by atoms with van der Waals surface area (Å²) < 4.78 is 38.9. The number of morpholine rings is 1.